The van der Waals surface area contributed by atoms with Crippen molar-refractivity contribution in [3.63, 3.8) is 0 Å². The summed E-state index contributed by atoms with van der Waals surface area (Å²) >= 11 is 5.07. The highest BCUT2D eigenvalue weighted by atomic mass is 32.1. The number of methoxy groups -OCH3 is 1. The molecule has 0 aliphatic rings. The first-order chi connectivity index (χ1) is 10.6. The summed E-state index contributed by atoms with van der Waals surface area (Å²) < 4.78 is 5.11. The van der Waals surface area contributed by atoms with Gasteiger partial charge in [0.15, 0.2) is 0 Å². The highest BCUT2D eigenvalue weighted by Gasteiger charge is 2.08. The van der Waals surface area contributed by atoms with E-state index in [1.54, 1.807) is 42.6 Å². The number of nitrogens with one attached hydrogen (secondary N) is 3. The molecule has 1 aromatic heterocycles. The molecule has 0 fully saturated rings. The molecule has 1 heterocycles. The minimum Gasteiger partial charge on any atom is -0.375 e. The van der Waals surface area contributed by atoms with E-state index in [4.69, 9.17) is 17.0 Å². The van der Waals surface area contributed by atoms with Gasteiger partial charge in [0.1, 0.15) is 11.2 Å². The second-order valence-corrected chi connectivity index (χ2v) is 4.84. The van der Waals surface area contributed by atoms with Crippen LogP contribution < -0.4 is 10.6 Å². The maximum absolute atomic E-state index is 12.2. The summed E-state index contributed by atoms with van der Waals surface area (Å²) in [5.74, 6) is -0.585. The Balaban J connectivity index is 2.10. The lowest BCUT2D eigenvalue weighted by molar-refractivity contribution is -0.119. The zero-order valence-electron chi connectivity index (χ0n) is 11.9. The normalized spacial score (nSPS) is 10.0. The third-order valence-electron chi connectivity index (χ3n) is 2.74. The third-order valence-corrected chi connectivity index (χ3v) is 3.08. The zero-order chi connectivity index (χ0) is 15.9. The van der Waals surface area contributed by atoms with Crippen LogP contribution in [0.5, 0.6) is 0 Å². The Labute approximate surface area is 132 Å². The molecule has 114 valence electrons. The van der Waals surface area contributed by atoms with E-state index in [1.807, 2.05) is 0 Å². The van der Waals surface area contributed by atoms with Crippen molar-refractivity contribution >= 4 is 35.4 Å². The molecule has 0 aliphatic carbocycles. The van der Waals surface area contributed by atoms with E-state index in [2.05, 4.69) is 15.6 Å². The second kappa shape index (κ2) is 7.48. The molecule has 2 amide bonds. The second-order valence-electron chi connectivity index (χ2n) is 4.43. The number of H-pyrrole nitrogens is 1. The van der Waals surface area contributed by atoms with Crippen LogP contribution in [0.25, 0.3) is 0 Å². The summed E-state index contributed by atoms with van der Waals surface area (Å²) in [6, 6.07) is 10.2. The maximum Gasteiger partial charge on any atom is 0.258 e. The molecule has 7 heteroatoms. The molecular formula is C15H15N3O3S. The molecule has 0 saturated carbocycles. The zero-order valence-corrected chi connectivity index (χ0v) is 12.7. The van der Waals surface area contributed by atoms with Gasteiger partial charge in [0, 0.05) is 24.7 Å². The van der Waals surface area contributed by atoms with E-state index < -0.39 is 0 Å². The van der Waals surface area contributed by atoms with Gasteiger partial charge in [-0.15, -0.1) is 0 Å². The van der Waals surface area contributed by atoms with Gasteiger partial charge < -0.3 is 20.4 Å². The number of carbonyl (C=O) groups is 2. The SMILES string of the molecule is COCC(=O)Nc1cccc(NC(=O)c2ccc[nH]c2=S)c1. The fraction of sp³-hybridized carbons (Fsp3) is 0.133. The molecular weight excluding hydrogens is 302 g/mol. The van der Waals surface area contributed by atoms with Crippen LogP contribution in [0.15, 0.2) is 42.6 Å². The van der Waals surface area contributed by atoms with Crippen molar-refractivity contribution in [1.82, 2.24) is 4.98 Å². The van der Waals surface area contributed by atoms with Crippen LogP contribution in [0.4, 0.5) is 11.4 Å². The lowest BCUT2D eigenvalue weighted by atomic mass is 10.2. The molecule has 22 heavy (non-hydrogen) atoms. The number of rotatable bonds is 5. The van der Waals surface area contributed by atoms with Crippen LogP contribution in [0.2, 0.25) is 0 Å². The van der Waals surface area contributed by atoms with Crippen LogP contribution in [-0.4, -0.2) is 30.5 Å². The summed E-state index contributed by atoms with van der Waals surface area (Å²) in [6.07, 6.45) is 1.66. The van der Waals surface area contributed by atoms with E-state index in [-0.39, 0.29) is 18.4 Å². The van der Waals surface area contributed by atoms with E-state index in [0.29, 0.717) is 21.6 Å². The first-order valence-electron chi connectivity index (χ1n) is 6.48. The Bertz CT molecular complexity index is 743. The standard InChI is InChI=1S/C15H15N3O3S/c1-21-9-13(19)17-10-4-2-5-11(8-10)18-14(20)12-6-3-7-16-15(12)22/h2-8H,9H2,1H3,(H,16,22)(H,17,19)(H,18,20). The number of carbonyl (C=O) groups excluding carboxylic acids is 2. The highest BCUT2D eigenvalue weighted by Crippen LogP contribution is 2.16. The number of hydrogen-bond acceptors (Lipinski definition) is 4. The lowest BCUT2D eigenvalue weighted by Crippen LogP contribution is -2.17. The number of ether oxygens (including phenoxy) is 1. The maximum atomic E-state index is 12.2. The van der Waals surface area contributed by atoms with Crippen molar-refractivity contribution in [2.75, 3.05) is 24.4 Å². The lowest BCUT2D eigenvalue weighted by Gasteiger charge is -2.08. The fourth-order valence-corrected chi connectivity index (χ4v) is 2.03. The molecule has 0 atom stereocenters. The molecule has 1 aromatic carbocycles. The quantitative estimate of drug-likeness (QED) is 0.740. The molecule has 0 bridgehead atoms. The molecule has 0 aliphatic heterocycles. The van der Waals surface area contributed by atoms with Gasteiger partial charge >= 0.3 is 0 Å². The van der Waals surface area contributed by atoms with Crippen LogP contribution >= 0.6 is 12.2 Å². The van der Waals surface area contributed by atoms with Gasteiger partial charge in [-0.25, -0.2) is 0 Å². The molecule has 2 aromatic rings. The van der Waals surface area contributed by atoms with Gasteiger partial charge in [0.2, 0.25) is 5.91 Å². The number of amides is 2. The average molecular weight is 317 g/mol. The van der Waals surface area contributed by atoms with Crippen LogP contribution in [0.1, 0.15) is 10.4 Å². The molecule has 0 radical (unpaired) electrons. The van der Waals surface area contributed by atoms with Crippen LogP contribution in [-0.2, 0) is 9.53 Å². The molecule has 6 nitrogen and oxygen atoms in total. The summed E-state index contributed by atoms with van der Waals surface area (Å²) in [5.41, 5.74) is 1.50. The van der Waals surface area contributed by atoms with Crippen molar-refractivity contribution in [2.24, 2.45) is 0 Å². The number of benzene rings is 1. The third kappa shape index (κ3) is 4.24. The van der Waals surface area contributed by atoms with Crippen molar-refractivity contribution in [1.29, 1.82) is 0 Å². The highest BCUT2D eigenvalue weighted by molar-refractivity contribution is 7.71. The predicted molar refractivity (Wildman–Crippen MR) is 86.5 cm³/mol. The van der Waals surface area contributed by atoms with Crippen molar-refractivity contribution < 1.29 is 14.3 Å². The number of pyridine rings is 1. The largest absolute Gasteiger partial charge is 0.375 e. The van der Waals surface area contributed by atoms with E-state index in [0.717, 1.165) is 0 Å². The molecule has 0 spiro atoms. The summed E-state index contributed by atoms with van der Waals surface area (Å²) in [6.45, 7) is -0.0320. The fourth-order valence-electron chi connectivity index (χ4n) is 1.80. The predicted octanol–water partition coefficient (Wildman–Crippen LogP) is 2.58. The van der Waals surface area contributed by atoms with Gasteiger partial charge in [-0.2, -0.15) is 0 Å². The Hall–Kier alpha value is -2.51. The summed E-state index contributed by atoms with van der Waals surface area (Å²) in [5, 5.41) is 5.40. The Kier molecular flexibility index (Phi) is 5.40. The van der Waals surface area contributed by atoms with Gasteiger partial charge in [0.05, 0.1) is 5.56 Å². The molecule has 3 N–H and O–H groups in total. The number of hydrogen-bond donors (Lipinski definition) is 3. The first-order valence-corrected chi connectivity index (χ1v) is 6.89. The Morgan fingerprint density at radius 3 is 2.59 bits per heavy atom. The average Bonchev–Trinajstić information content (AvgIpc) is 2.48. The molecule has 0 saturated heterocycles. The van der Waals surface area contributed by atoms with Crippen molar-refractivity contribution in [3.8, 4) is 0 Å². The first kappa shape index (κ1) is 15.9. The van der Waals surface area contributed by atoms with E-state index in [9.17, 15) is 9.59 Å². The Morgan fingerprint density at radius 1 is 1.18 bits per heavy atom. The van der Waals surface area contributed by atoms with Gasteiger partial charge in [-0.1, -0.05) is 18.3 Å². The molecule has 2 rings (SSSR count). The van der Waals surface area contributed by atoms with Crippen LogP contribution in [0.3, 0.4) is 0 Å². The minimum absolute atomic E-state index is 0.0320. The number of aromatic amines is 1. The number of aromatic nitrogens is 1. The van der Waals surface area contributed by atoms with Gasteiger partial charge in [-0.3, -0.25) is 9.59 Å². The Morgan fingerprint density at radius 2 is 1.91 bits per heavy atom. The topological polar surface area (TPSA) is 83.2 Å². The van der Waals surface area contributed by atoms with Crippen molar-refractivity contribution in [3.05, 3.63) is 52.8 Å². The minimum atomic E-state index is -0.317. The van der Waals surface area contributed by atoms with Gasteiger partial charge in [-0.05, 0) is 30.3 Å². The van der Waals surface area contributed by atoms with E-state index >= 15 is 0 Å². The smallest absolute Gasteiger partial charge is 0.258 e. The molecule has 0 unspecified atom stereocenters. The summed E-state index contributed by atoms with van der Waals surface area (Å²) in [7, 11) is 1.44. The van der Waals surface area contributed by atoms with Crippen molar-refractivity contribution in [2.45, 2.75) is 0 Å². The van der Waals surface area contributed by atoms with Gasteiger partial charge in [0.25, 0.3) is 5.91 Å². The van der Waals surface area contributed by atoms with E-state index in [1.165, 1.54) is 7.11 Å². The van der Waals surface area contributed by atoms with Crippen LogP contribution in [0, 0.1) is 4.64 Å². The summed E-state index contributed by atoms with van der Waals surface area (Å²) in [4.78, 5) is 26.4. The monoisotopic (exact) mass is 317 g/mol. The number of anilines is 2.